The summed E-state index contributed by atoms with van der Waals surface area (Å²) >= 11 is 0. The van der Waals surface area contributed by atoms with Crippen molar-refractivity contribution in [2.24, 2.45) is 0 Å². The van der Waals surface area contributed by atoms with Gasteiger partial charge < -0.3 is 19.4 Å². The molecule has 0 fully saturated rings. The molecule has 1 amide bonds. The fraction of sp³-hybridized carbons (Fsp3) is 0.238. The number of aromatic nitrogens is 2. The third kappa shape index (κ3) is 3.78. The highest BCUT2D eigenvalue weighted by molar-refractivity contribution is 5.97. The van der Waals surface area contributed by atoms with Crippen molar-refractivity contribution >= 4 is 5.91 Å². The number of fused-ring (bicyclic) bond motifs is 1. The molecule has 150 valence electrons. The van der Waals surface area contributed by atoms with Gasteiger partial charge in [0.2, 0.25) is 0 Å². The lowest BCUT2D eigenvalue weighted by Crippen LogP contribution is -2.39. The number of aromatic amines is 1. The highest BCUT2D eigenvalue weighted by atomic mass is 19.3. The van der Waals surface area contributed by atoms with E-state index in [9.17, 15) is 13.6 Å². The fourth-order valence-electron chi connectivity index (χ4n) is 3.59. The lowest BCUT2D eigenvalue weighted by atomic mass is 9.90. The van der Waals surface area contributed by atoms with E-state index < -0.39 is 6.61 Å². The Kier molecular flexibility index (Phi) is 5.16. The lowest BCUT2D eigenvalue weighted by Gasteiger charge is -2.32. The number of carbonyl (C=O) groups excluding carboxylic acids is 1. The van der Waals surface area contributed by atoms with Gasteiger partial charge in [0.25, 0.3) is 5.91 Å². The summed E-state index contributed by atoms with van der Waals surface area (Å²) in [7, 11) is 1.60. The van der Waals surface area contributed by atoms with E-state index in [2.05, 4.69) is 14.7 Å². The van der Waals surface area contributed by atoms with Gasteiger partial charge in [-0.1, -0.05) is 24.3 Å². The van der Waals surface area contributed by atoms with Gasteiger partial charge in [0.05, 0.1) is 36.9 Å². The molecular formula is C21H19F2N3O3. The van der Waals surface area contributed by atoms with Crippen LogP contribution < -0.4 is 9.47 Å². The smallest absolute Gasteiger partial charge is 0.387 e. The fourth-order valence-corrected chi connectivity index (χ4v) is 3.59. The second-order valence-electron chi connectivity index (χ2n) is 6.65. The van der Waals surface area contributed by atoms with Crippen molar-refractivity contribution in [3.05, 3.63) is 77.4 Å². The minimum atomic E-state index is -3.00. The molecule has 1 aromatic heterocycles. The van der Waals surface area contributed by atoms with Gasteiger partial charge in [-0.2, -0.15) is 8.78 Å². The van der Waals surface area contributed by atoms with Crippen LogP contribution in [0.15, 0.2) is 54.9 Å². The number of amides is 1. The van der Waals surface area contributed by atoms with Crippen molar-refractivity contribution in [3.63, 3.8) is 0 Å². The molecule has 1 unspecified atom stereocenters. The molecule has 2 heterocycles. The second-order valence-corrected chi connectivity index (χ2v) is 6.65. The Labute approximate surface area is 166 Å². The summed E-state index contributed by atoms with van der Waals surface area (Å²) < 4.78 is 35.2. The largest absolute Gasteiger partial charge is 0.497 e. The van der Waals surface area contributed by atoms with Crippen molar-refractivity contribution in [1.29, 1.82) is 0 Å². The molecule has 2 aromatic carbocycles. The van der Waals surface area contributed by atoms with Crippen molar-refractivity contribution in [3.8, 4) is 11.5 Å². The molecular weight excluding hydrogens is 380 g/mol. The average molecular weight is 399 g/mol. The first-order valence-electron chi connectivity index (χ1n) is 9.06. The first-order chi connectivity index (χ1) is 14.1. The number of para-hydroxylation sites is 1. The topological polar surface area (TPSA) is 67.4 Å². The third-order valence-electron chi connectivity index (χ3n) is 4.97. The standard InChI is InChI=1S/C21H19F2N3O3/c1-28-14-8-6-13(7-9-14)16-10-26(11-17-19(16)25-12-24-17)20(27)15-4-2-3-5-18(15)29-21(22)23/h2-9,12,16,21H,10-11H2,1H3,(H,24,25). The Hall–Kier alpha value is -3.42. The Bertz CT molecular complexity index is 1000. The van der Waals surface area contributed by atoms with Crippen LogP contribution in [0.2, 0.25) is 0 Å². The van der Waals surface area contributed by atoms with Gasteiger partial charge in [-0.05, 0) is 29.8 Å². The summed E-state index contributed by atoms with van der Waals surface area (Å²) in [5, 5.41) is 0. The van der Waals surface area contributed by atoms with Gasteiger partial charge in [-0.15, -0.1) is 0 Å². The van der Waals surface area contributed by atoms with Gasteiger partial charge in [-0.25, -0.2) is 4.98 Å². The zero-order valence-electron chi connectivity index (χ0n) is 15.6. The molecule has 1 aliphatic rings. The predicted molar refractivity (Wildman–Crippen MR) is 101 cm³/mol. The Morgan fingerprint density at radius 1 is 1.21 bits per heavy atom. The Morgan fingerprint density at radius 2 is 1.97 bits per heavy atom. The number of H-pyrrole nitrogens is 1. The highest BCUT2D eigenvalue weighted by Gasteiger charge is 2.32. The molecule has 1 N–H and O–H groups in total. The first-order valence-corrected chi connectivity index (χ1v) is 9.06. The SMILES string of the molecule is COc1ccc(C2CN(C(=O)c3ccccc3OC(F)F)Cc3[nH]cnc32)cc1. The number of hydrogen-bond acceptors (Lipinski definition) is 4. The van der Waals surface area contributed by atoms with Gasteiger partial charge in [0, 0.05) is 12.5 Å². The Balaban J connectivity index is 1.65. The molecule has 29 heavy (non-hydrogen) atoms. The van der Waals surface area contributed by atoms with Crippen LogP contribution in [0, 0.1) is 0 Å². The molecule has 0 bridgehead atoms. The van der Waals surface area contributed by atoms with E-state index in [0.717, 1.165) is 22.7 Å². The van der Waals surface area contributed by atoms with Crippen LogP contribution in [0.25, 0.3) is 0 Å². The number of alkyl halides is 2. The van der Waals surface area contributed by atoms with Crippen LogP contribution in [0.5, 0.6) is 11.5 Å². The van der Waals surface area contributed by atoms with Crippen LogP contribution in [0.4, 0.5) is 8.78 Å². The normalized spacial score (nSPS) is 15.9. The molecule has 3 aromatic rings. The van der Waals surface area contributed by atoms with Gasteiger partial charge in [0.15, 0.2) is 0 Å². The number of hydrogen-bond donors (Lipinski definition) is 1. The van der Waals surface area contributed by atoms with E-state index in [4.69, 9.17) is 4.74 Å². The average Bonchev–Trinajstić information content (AvgIpc) is 3.21. The molecule has 0 saturated carbocycles. The number of ether oxygens (including phenoxy) is 2. The highest BCUT2D eigenvalue weighted by Crippen LogP contribution is 2.34. The van der Waals surface area contributed by atoms with Crippen molar-refractivity contribution in [2.45, 2.75) is 19.1 Å². The van der Waals surface area contributed by atoms with E-state index in [-0.39, 0.29) is 23.1 Å². The molecule has 0 saturated heterocycles. The van der Waals surface area contributed by atoms with Crippen LogP contribution in [-0.4, -0.2) is 41.0 Å². The third-order valence-corrected chi connectivity index (χ3v) is 4.97. The number of carbonyl (C=O) groups is 1. The maximum Gasteiger partial charge on any atom is 0.387 e. The number of imidazole rings is 1. The molecule has 0 aliphatic carbocycles. The molecule has 6 nitrogen and oxygen atoms in total. The summed E-state index contributed by atoms with van der Waals surface area (Å²) in [6.07, 6.45) is 1.60. The minimum absolute atomic E-state index is 0.101. The number of nitrogens with zero attached hydrogens (tertiary/aromatic N) is 2. The van der Waals surface area contributed by atoms with E-state index >= 15 is 0 Å². The van der Waals surface area contributed by atoms with E-state index in [0.29, 0.717) is 13.1 Å². The molecule has 0 radical (unpaired) electrons. The molecule has 1 aliphatic heterocycles. The quantitative estimate of drug-likeness (QED) is 0.709. The van der Waals surface area contributed by atoms with Gasteiger partial charge >= 0.3 is 6.61 Å². The van der Waals surface area contributed by atoms with Crippen LogP contribution in [0.3, 0.4) is 0 Å². The van der Waals surface area contributed by atoms with Crippen molar-refractivity contribution in [1.82, 2.24) is 14.9 Å². The van der Waals surface area contributed by atoms with E-state index in [1.54, 1.807) is 30.5 Å². The zero-order chi connectivity index (χ0) is 20.4. The first kappa shape index (κ1) is 18.9. The number of methoxy groups -OCH3 is 1. The molecule has 0 spiro atoms. The Morgan fingerprint density at radius 3 is 2.69 bits per heavy atom. The monoisotopic (exact) mass is 399 g/mol. The summed E-state index contributed by atoms with van der Waals surface area (Å²) in [6, 6.07) is 13.6. The zero-order valence-corrected chi connectivity index (χ0v) is 15.6. The van der Waals surface area contributed by atoms with Gasteiger partial charge in [0.1, 0.15) is 11.5 Å². The van der Waals surface area contributed by atoms with Crippen LogP contribution in [-0.2, 0) is 6.54 Å². The summed E-state index contributed by atoms with van der Waals surface area (Å²) in [4.78, 5) is 22.3. The van der Waals surface area contributed by atoms with Crippen LogP contribution in [0.1, 0.15) is 33.2 Å². The van der Waals surface area contributed by atoms with Gasteiger partial charge in [-0.3, -0.25) is 4.79 Å². The maximum absolute atomic E-state index is 13.2. The second kappa shape index (κ2) is 7.90. The summed E-state index contributed by atoms with van der Waals surface area (Å²) in [5.41, 5.74) is 2.77. The maximum atomic E-state index is 13.2. The van der Waals surface area contributed by atoms with Crippen LogP contribution >= 0.6 is 0 Å². The molecule has 1 atom stereocenters. The number of nitrogens with one attached hydrogen (secondary N) is 1. The molecule has 8 heteroatoms. The predicted octanol–water partition coefficient (Wildman–Crippen LogP) is 3.81. The van der Waals surface area contributed by atoms with Crippen molar-refractivity contribution in [2.75, 3.05) is 13.7 Å². The lowest BCUT2D eigenvalue weighted by molar-refractivity contribution is -0.0503. The molecule has 4 rings (SSSR count). The summed E-state index contributed by atoms with van der Waals surface area (Å²) in [5.74, 6) is 0.0739. The van der Waals surface area contributed by atoms with Crippen molar-refractivity contribution < 1.29 is 23.0 Å². The number of halogens is 2. The van der Waals surface area contributed by atoms with E-state index in [1.165, 1.54) is 12.1 Å². The summed E-state index contributed by atoms with van der Waals surface area (Å²) in [6.45, 7) is -2.33. The number of benzene rings is 2. The minimum Gasteiger partial charge on any atom is -0.497 e. The number of rotatable bonds is 5. The van der Waals surface area contributed by atoms with E-state index in [1.807, 2.05) is 24.3 Å².